The highest BCUT2D eigenvalue weighted by Gasteiger charge is 2.28. The van der Waals surface area contributed by atoms with Gasteiger partial charge in [0.15, 0.2) is 5.69 Å². The molecule has 2 unspecified atom stereocenters. The number of piperidine rings is 1. The maximum atomic E-state index is 13.1. The Balaban J connectivity index is 0.00000225. The van der Waals surface area contributed by atoms with E-state index in [9.17, 15) is 4.79 Å². The van der Waals surface area contributed by atoms with Gasteiger partial charge >= 0.3 is 0 Å². The minimum Gasteiger partial charge on any atom is -0.348 e. The van der Waals surface area contributed by atoms with Gasteiger partial charge in [-0.1, -0.05) is 24.9 Å². The molecule has 7 heteroatoms. The van der Waals surface area contributed by atoms with Crippen molar-refractivity contribution in [3.8, 4) is 5.69 Å². The number of hydrogen-bond acceptors (Lipinski definition) is 3. The average Bonchev–Trinajstić information content (AvgIpc) is 2.86. The lowest BCUT2D eigenvalue weighted by Gasteiger charge is -2.30. The van der Waals surface area contributed by atoms with E-state index in [2.05, 4.69) is 17.6 Å². The van der Waals surface area contributed by atoms with E-state index in [1.807, 2.05) is 28.9 Å². The molecule has 1 saturated heterocycles. The van der Waals surface area contributed by atoms with E-state index >= 15 is 0 Å². The Morgan fingerprint density at radius 3 is 2.71 bits per heavy atom. The van der Waals surface area contributed by atoms with Crippen molar-refractivity contribution in [3.63, 3.8) is 0 Å². The lowest BCUT2D eigenvalue weighted by Crippen LogP contribution is -2.48. The van der Waals surface area contributed by atoms with Crippen molar-refractivity contribution < 1.29 is 4.79 Å². The molecule has 1 aromatic carbocycles. The number of hydrogen-bond donors (Lipinski definition) is 2. The van der Waals surface area contributed by atoms with E-state index in [1.54, 1.807) is 0 Å². The van der Waals surface area contributed by atoms with Crippen molar-refractivity contribution in [3.05, 3.63) is 46.2 Å². The molecule has 1 fully saturated rings. The molecule has 1 aromatic heterocycles. The van der Waals surface area contributed by atoms with Crippen LogP contribution in [0.2, 0.25) is 5.02 Å². The molecule has 2 aliphatic rings. The highest BCUT2D eigenvalue weighted by Crippen LogP contribution is 2.27. The van der Waals surface area contributed by atoms with Gasteiger partial charge in [-0.25, -0.2) is 4.68 Å². The lowest BCUT2D eigenvalue weighted by atomic mass is 9.95. The van der Waals surface area contributed by atoms with Crippen LogP contribution in [0.3, 0.4) is 0 Å². The van der Waals surface area contributed by atoms with Gasteiger partial charge in [0.1, 0.15) is 0 Å². The summed E-state index contributed by atoms with van der Waals surface area (Å²) in [6.07, 6.45) is 6.30. The summed E-state index contributed by atoms with van der Waals surface area (Å²) < 4.78 is 1.96. The first-order valence-electron chi connectivity index (χ1n) is 10.0. The van der Waals surface area contributed by atoms with E-state index in [4.69, 9.17) is 16.7 Å². The van der Waals surface area contributed by atoms with Crippen molar-refractivity contribution in [2.45, 2.75) is 51.5 Å². The normalized spacial score (nSPS) is 21.9. The van der Waals surface area contributed by atoms with Gasteiger partial charge in [-0.05, 0) is 75.4 Å². The Morgan fingerprint density at radius 1 is 1.21 bits per heavy atom. The highest BCUT2D eigenvalue weighted by molar-refractivity contribution is 6.30. The van der Waals surface area contributed by atoms with Crippen LogP contribution >= 0.6 is 24.0 Å². The molecular formula is C21H28Cl2N4O. The van der Waals surface area contributed by atoms with Gasteiger partial charge in [0.2, 0.25) is 0 Å². The zero-order chi connectivity index (χ0) is 18.8. The van der Waals surface area contributed by atoms with E-state index in [1.165, 1.54) is 12.1 Å². The van der Waals surface area contributed by atoms with Crippen molar-refractivity contribution >= 4 is 29.9 Å². The van der Waals surface area contributed by atoms with E-state index in [-0.39, 0.29) is 24.4 Å². The third kappa shape index (κ3) is 4.37. The number of nitrogens with one attached hydrogen (secondary N) is 2. The predicted octanol–water partition coefficient (Wildman–Crippen LogP) is 3.94. The zero-order valence-corrected chi connectivity index (χ0v) is 17.8. The van der Waals surface area contributed by atoms with Crippen LogP contribution in [0.5, 0.6) is 0 Å². The molecule has 1 aliphatic heterocycles. The number of fused-ring (bicyclic) bond motifs is 1. The molecule has 2 N–H and O–H groups in total. The SMILES string of the molecule is CC1CNCCC1NC(=O)c1nn(-c2ccc(Cl)cc2)c2c1CCCCC2.Cl. The van der Waals surface area contributed by atoms with Crippen LogP contribution in [0, 0.1) is 5.92 Å². The Morgan fingerprint density at radius 2 is 1.96 bits per heavy atom. The lowest BCUT2D eigenvalue weighted by molar-refractivity contribution is 0.0907. The quantitative estimate of drug-likeness (QED) is 0.736. The topological polar surface area (TPSA) is 58.9 Å². The minimum absolute atomic E-state index is 0. The van der Waals surface area contributed by atoms with Crippen molar-refractivity contribution in [1.29, 1.82) is 0 Å². The molecule has 2 atom stereocenters. The van der Waals surface area contributed by atoms with Crippen LogP contribution in [-0.4, -0.2) is 34.8 Å². The molecule has 0 spiro atoms. The maximum absolute atomic E-state index is 13.1. The van der Waals surface area contributed by atoms with Crippen LogP contribution in [0.15, 0.2) is 24.3 Å². The van der Waals surface area contributed by atoms with Crippen LogP contribution in [-0.2, 0) is 12.8 Å². The largest absolute Gasteiger partial charge is 0.348 e. The molecule has 152 valence electrons. The van der Waals surface area contributed by atoms with Crippen LogP contribution in [0.1, 0.15) is 54.4 Å². The number of halogens is 2. The summed E-state index contributed by atoms with van der Waals surface area (Å²) >= 11 is 6.05. The molecule has 4 rings (SSSR count). The average molecular weight is 423 g/mol. The highest BCUT2D eigenvalue weighted by atomic mass is 35.5. The molecule has 0 bridgehead atoms. The fourth-order valence-corrected chi connectivity index (χ4v) is 4.35. The number of amides is 1. The third-order valence-electron chi connectivity index (χ3n) is 5.82. The summed E-state index contributed by atoms with van der Waals surface area (Å²) in [5.41, 5.74) is 3.87. The summed E-state index contributed by atoms with van der Waals surface area (Å²) in [5.74, 6) is 0.402. The summed E-state index contributed by atoms with van der Waals surface area (Å²) in [6, 6.07) is 7.89. The first-order chi connectivity index (χ1) is 13.1. The summed E-state index contributed by atoms with van der Waals surface area (Å²) in [7, 11) is 0. The summed E-state index contributed by atoms with van der Waals surface area (Å²) in [5, 5.41) is 12.1. The van der Waals surface area contributed by atoms with E-state index < -0.39 is 0 Å². The smallest absolute Gasteiger partial charge is 0.272 e. The number of benzene rings is 1. The van der Waals surface area contributed by atoms with Gasteiger partial charge in [-0.2, -0.15) is 5.10 Å². The molecule has 0 saturated carbocycles. The number of carbonyl (C=O) groups is 1. The second kappa shape index (κ2) is 9.29. The number of aromatic nitrogens is 2. The number of rotatable bonds is 3. The second-order valence-electron chi connectivity index (χ2n) is 7.77. The fraction of sp³-hybridized carbons (Fsp3) is 0.524. The summed E-state index contributed by atoms with van der Waals surface area (Å²) in [6.45, 7) is 4.08. The number of nitrogens with zero attached hydrogens (tertiary/aromatic N) is 2. The fourth-order valence-electron chi connectivity index (χ4n) is 4.22. The molecule has 28 heavy (non-hydrogen) atoms. The Bertz CT molecular complexity index is 819. The van der Waals surface area contributed by atoms with E-state index in [0.717, 1.165) is 56.4 Å². The van der Waals surface area contributed by atoms with Crippen molar-refractivity contribution in [2.75, 3.05) is 13.1 Å². The monoisotopic (exact) mass is 422 g/mol. The minimum atomic E-state index is -0.0281. The molecule has 2 aromatic rings. The number of carbonyl (C=O) groups excluding carboxylic acids is 1. The Kier molecular flexibility index (Phi) is 7.02. The summed E-state index contributed by atoms with van der Waals surface area (Å²) in [4.78, 5) is 13.1. The van der Waals surface area contributed by atoms with Gasteiger partial charge in [-0.3, -0.25) is 4.79 Å². The van der Waals surface area contributed by atoms with Gasteiger partial charge in [0.25, 0.3) is 5.91 Å². The van der Waals surface area contributed by atoms with Crippen LogP contribution in [0.4, 0.5) is 0 Å². The third-order valence-corrected chi connectivity index (χ3v) is 6.07. The van der Waals surface area contributed by atoms with Crippen molar-refractivity contribution in [1.82, 2.24) is 20.4 Å². The molecular weight excluding hydrogens is 395 g/mol. The van der Waals surface area contributed by atoms with E-state index in [0.29, 0.717) is 16.6 Å². The maximum Gasteiger partial charge on any atom is 0.272 e. The van der Waals surface area contributed by atoms with Crippen LogP contribution < -0.4 is 10.6 Å². The first kappa shape index (κ1) is 21.2. The molecule has 0 radical (unpaired) electrons. The molecule has 2 heterocycles. The predicted molar refractivity (Wildman–Crippen MR) is 115 cm³/mol. The molecule has 5 nitrogen and oxygen atoms in total. The second-order valence-corrected chi connectivity index (χ2v) is 8.21. The van der Waals surface area contributed by atoms with Crippen molar-refractivity contribution in [2.24, 2.45) is 5.92 Å². The van der Waals surface area contributed by atoms with Gasteiger partial charge in [-0.15, -0.1) is 12.4 Å². The Labute approximate surface area is 177 Å². The standard InChI is InChI=1S/C21H27ClN4O.ClH/c1-14-13-23-12-11-18(14)24-21(27)20-17-5-3-2-4-6-19(17)26(25-20)16-9-7-15(22)8-10-16;/h7-10,14,18,23H,2-6,11-13H2,1H3,(H,24,27);1H. The van der Waals surface area contributed by atoms with Crippen LogP contribution in [0.25, 0.3) is 5.69 Å². The first-order valence-corrected chi connectivity index (χ1v) is 10.4. The Hall–Kier alpha value is -1.56. The molecule has 1 aliphatic carbocycles. The van der Waals surface area contributed by atoms with Gasteiger partial charge in [0, 0.05) is 22.3 Å². The van der Waals surface area contributed by atoms with Gasteiger partial charge < -0.3 is 10.6 Å². The van der Waals surface area contributed by atoms with Gasteiger partial charge in [0.05, 0.1) is 5.69 Å². The zero-order valence-electron chi connectivity index (χ0n) is 16.2. The molecule has 1 amide bonds.